The molecular weight excluding hydrogens is 372 g/mol. The second-order valence-electron chi connectivity index (χ2n) is 5.81. The molecule has 0 unspecified atom stereocenters. The molecule has 2 fully saturated rings. The van der Waals surface area contributed by atoms with Crippen molar-refractivity contribution >= 4 is 58.3 Å². The maximum Gasteiger partial charge on any atom is 2.00 e. The molecule has 0 radical (unpaired) electrons. The van der Waals surface area contributed by atoms with Crippen molar-refractivity contribution in [2.24, 2.45) is 0 Å². The molecule has 0 atom stereocenters. The molecule has 0 aliphatic heterocycles. The Balaban J connectivity index is 0.000000403. The van der Waals surface area contributed by atoms with Crippen molar-refractivity contribution in [2.45, 2.75) is 76.3 Å². The van der Waals surface area contributed by atoms with E-state index in [1.165, 1.54) is 0 Å². The van der Waals surface area contributed by atoms with Crippen molar-refractivity contribution < 1.29 is 25.9 Å². The Morgan fingerprint density at radius 2 is 0.870 bits per heavy atom. The van der Waals surface area contributed by atoms with Gasteiger partial charge in [0.25, 0.3) is 0 Å². The topological polar surface area (TPSA) is 138 Å². The first-order valence-electron chi connectivity index (χ1n) is 7.62. The molecule has 0 spiro atoms. The van der Waals surface area contributed by atoms with Crippen LogP contribution in [0.25, 0.3) is 0 Å². The average molecular weight is 397 g/mol. The van der Waals surface area contributed by atoms with Crippen molar-refractivity contribution in [3.8, 4) is 0 Å². The zero-order valence-corrected chi connectivity index (χ0v) is 17.0. The summed E-state index contributed by atoms with van der Waals surface area (Å²) in [5.74, 6) is 0. The van der Waals surface area contributed by atoms with Crippen LogP contribution < -0.4 is 9.44 Å². The van der Waals surface area contributed by atoms with E-state index < -0.39 is 20.6 Å². The molecule has 132 valence electrons. The molecule has 0 heterocycles. The van der Waals surface area contributed by atoms with Crippen LogP contribution in [-0.2, 0) is 20.6 Å². The van der Waals surface area contributed by atoms with Crippen molar-refractivity contribution in [1.29, 1.82) is 0 Å². The molecule has 2 aliphatic carbocycles. The van der Waals surface area contributed by atoms with E-state index in [4.69, 9.17) is 0 Å². The van der Waals surface area contributed by atoms with E-state index in [-0.39, 0.29) is 49.8 Å². The molecule has 11 heteroatoms. The Bertz CT molecular complexity index is 466. The van der Waals surface area contributed by atoms with Crippen LogP contribution >= 0.6 is 0 Å². The molecule has 2 N–H and O–H groups in total. The van der Waals surface area contributed by atoms with Gasteiger partial charge in [0.15, 0.2) is 20.6 Å². The van der Waals surface area contributed by atoms with Gasteiger partial charge in [0.2, 0.25) is 0 Å². The Morgan fingerprint density at radius 1 is 0.609 bits per heavy atom. The molecule has 23 heavy (non-hydrogen) atoms. The molecule has 2 saturated carbocycles. The smallest absolute Gasteiger partial charge is 0.735 e. The number of nitrogens with one attached hydrogen (secondary N) is 2. The monoisotopic (exact) mass is 396 g/mol. The van der Waals surface area contributed by atoms with Crippen molar-refractivity contribution in [1.82, 2.24) is 9.44 Å². The van der Waals surface area contributed by atoms with Crippen LogP contribution in [0.1, 0.15) is 64.2 Å². The van der Waals surface area contributed by atoms with Crippen molar-refractivity contribution in [2.75, 3.05) is 0 Å². The van der Waals surface area contributed by atoms with Crippen molar-refractivity contribution in [3.63, 3.8) is 0 Å². The molecule has 0 amide bonds. The fourth-order valence-corrected chi connectivity index (χ4v) is 4.14. The fraction of sp³-hybridized carbons (Fsp3) is 1.00. The van der Waals surface area contributed by atoms with E-state index in [9.17, 15) is 25.9 Å². The van der Waals surface area contributed by atoms with Gasteiger partial charge in [-0.05, 0) is 25.7 Å². The van der Waals surface area contributed by atoms with Gasteiger partial charge in [-0.25, -0.2) is 26.3 Å². The maximum absolute atomic E-state index is 10.2. The van der Waals surface area contributed by atoms with Gasteiger partial charge >= 0.3 is 37.7 Å². The fourth-order valence-electron chi connectivity index (χ4n) is 2.85. The van der Waals surface area contributed by atoms with E-state index in [0.717, 1.165) is 64.2 Å². The standard InChI is InChI=1S/2C6H13NO3S.Ca/c2*8-11(9,10)7-6-4-2-1-3-5-6;/h2*6-7H,1-5H2,(H,8,9,10);/q;;+2/p-2. The Labute approximate surface area is 168 Å². The van der Waals surface area contributed by atoms with Crippen LogP contribution in [0.5, 0.6) is 0 Å². The summed E-state index contributed by atoms with van der Waals surface area (Å²) in [4.78, 5) is 0. The Kier molecular flexibility index (Phi) is 12.1. The van der Waals surface area contributed by atoms with Crippen LogP contribution in [0, 0.1) is 0 Å². The van der Waals surface area contributed by atoms with Crippen LogP contribution in [0.15, 0.2) is 0 Å². The van der Waals surface area contributed by atoms with Crippen LogP contribution in [0.4, 0.5) is 0 Å². The third-order valence-electron chi connectivity index (χ3n) is 3.83. The third-order valence-corrected chi connectivity index (χ3v) is 5.08. The SMILES string of the molecule is O=S(=O)([O-])NC1CCCCC1.O=S(=O)([O-])NC1CCCCC1.[Ca+2]. The van der Waals surface area contributed by atoms with Gasteiger partial charge in [-0.3, -0.25) is 0 Å². The summed E-state index contributed by atoms with van der Waals surface area (Å²) in [7, 11) is -8.45. The summed E-state index contributed by atoms with van der Waals surface area (Å²) in [6, 6.07) is -0.211. The zero-order chi connectivity index (χ0) is 16.6. The van der Waals surface area contributed by atoms with E-state index in [1.54, 1.807) is 0 Å². The van der Waals surface area contributed by atoms with Gasteiger partial charge in [0.1, 0.15) is 0 Å². The first-order valence-corrected chi connectivity index (χ1v) is 10.4. The van der Waals surface area contributed by atoms with Crippen LogP contribution in [-0.4, -0.2) is 75.8 Å². The first-order chi connectivity index (χ1) is 10.2. The molecular formula is C12H24CaN2O6S2. The van der Waals surface area contributed by atoms with Gasteiger partial charge in [0, 0.05) is 12.1 Å². The van der Waals surface area contributed by atoms with E-state index in [1.807, 2.05) is 0 Å². The molecule has 0 aromatic rings. The molecule has 0 aromatic carbocycles. The summed E-state index contributed by atoms with van der Waals surface area (Å²) in [5, 5.41) is 0. The van der Waals surface area contributed by atoms with Crippen LogP contribution in [0.2, 0.25) is 0 Å². The molecule has 2 rings (SSSR count). The van der Waals surface area contributed by atoms with E-state index in [2.05, 4.69) is 9.44 Å². The summed E-state index contributed by atoms with van der Waals surface area (Å²) in [6.07, 6.45) is 9.61. The van der Waals surface area contributed by atoms with Gasteiger partial charge in [0.05, 0.1) is 0 Å². The van der Waals surface area contributed by atoms with Gasteiger partial charge < -0.3 is 9.11 Å². The molecule has 0 saturated heterocycles. The normalized spacial score (nSPS) is 21.0. The number of hydrogen-bond acceptors (Lipinski definition) is 6. The quantitative estimate of drug-likeness (QED) is 0.519. The first kappa shape index (κ1) is 24.0. The minimum atomic E-state index is -4.22. The average Bonchev–Trinajstić information content (AvgIpc) is 2.38. The Hall–Kier alpha value is 1.000. The minimum absolute atomic E-state index is 0. The zero-order valence-electron chi connectivity index (χ0n) is 13.2. The summed E-state index contributed by atoms with van der Waals surface area (Å²) in [6.45, 7) is 0. The summed E-state index contributed by atoms with van der Waals surface area (Å²) >= 11 is 0. The second-order valence-corrected chi connectivity index (χ2v) is 8.10. The van der Waals surface area contributed by atoms with Crippen LogP contribution in [0.3, 0.4) is 0 Å². The van der Waals surface area contributed by atoms with E-state index in [0.29, 0.717) is 0 Å². The van der Waals surface area contributed by atoms with Gasteiger partial charge in [-0.1, -0.05) is 38.5 Å². The molecule has 8 nitrogen and oxygen atoms in total. The molecule has 0 aromatic heterocycles. The number of rotatable bonds is 4. The summed E-state index contributed by atoms with van der Waals surface area (Å²) in [5.41, 5.74) is 0. The summed E-state index contributed by atoms with van der Waals surface area (Å²) < 4.78 is 65.5. The third kappa shape index (κ3) is 13.9. The predicted molar refractivity (Wildman–Crippen MR) is 85.2 cm³/mol. The molecule has 0 bridgehead atoms. The van der Waals surface area contributed by atoms with Gasteiger partial charge in [-0.15, -0.1) is 0 Å². The largest absolute Gasteiger partial charge is 2.00 e. The van der Waals surface area contributed by atoms with Crippen molar-refractivity contribution in [3.05, 3.63) is 0 Å². The Morgan fingerprint density at radius 3 is 1.09 bits per heavy atom. The second kappa shape index (κ2) is 11.6. The molecule has 2 aliphatic rings. The van der Waals surface area contributed by atoms with Gasteiger partial charge in [-0.2, -0.15) is 0 Å². The predicted octanol–water partition coefficient (Wildman–Crippen LogP) is 0.357. The maximum atomic E-state index is 10.2. The minimum Gasteiger partial charge on any atom is -0.735 e. The number of hydrogen-bond donors (Lipinski definition) is 2. The van der Waals surface area contributed by atoms with E-state index >= 15 is 0 Å².